The molecule has 0 unspecified atom stereocenters. The Balaban J connectivity index is 0.00000133. The van der Waals surface area contributed by atoms with E-state index >= 15 is 0 Å². The number of hydrogen-bond donors (Lipinski definition) is 1. The Morgan fingerprint density at radius 1 is 1.16 bits per heavy atom. The van der Waals surface area contributed by atoms with Crippen molar-refractivity contribution in [1.82, 2.24) is 5.32 Å². The van der Waals surface area contributed by atoms with Gasteiger partial charge in [0.05, 0.1) is 0 Å². The molecule has 1 aliphatic heterocycles. The van der Waals surface area contributed by atoms with Crippen molar-refractivity contribution in [3.05, 3.63) is 34.9 Å². The number of carbonyl (C=O) groups is 1. The van der Waals surface area contributed by atoms with E-state index in [1.54, 1.807) is 0 Å². The van der Waals surface area contributed by atoms with Gasteiger partial charge in [0.25, 0.3) is 0 Å². The van der Waals surface area contributed by atoms with E-state index in [1.165, 1.54) is 24.0 Å². The van der Waals surface area contributed by atoms with E-state index in [-0.39, 0.29) is 18.3 Å². The quantitative estimate of drug-likeness (QED) is 0.859. The summed E-state index contributed by atoms with van der Waals surface area (Å²) in [5.41, 5.74) is 3.53. The summed E-state index contributed by atoms with van der Waals surface area (Å²) >= 11 is 0. The van der Waals surface area contributed by atoms with Crippen molar-refractivity contribution in [2.75, 3.05) is 13.1 Å². The summed E-state index contributed by atoms with van der Waals surface area (Å²) < 4.78 is 0. The molecule has 2 nitrogen and oxygen atoms in total. The SMILES string of the molecule is Cc1ccc(C2CC2)c(C(=O)C2CCNCC2)c1.Cl. The average Bonchev–Trinajstić information content (AvgIpc) is 3.23. The largest absolute Gasteiger partial charge is 0.317 e. The molecule has 0 spiro atoms. The lowest BCUT2D eigenvalue weighted by molar-refractivity contribution is 0.0894. The molecule has 104 valence electrons. The van der Waals surface area contributed by atoms with Gasteiger partial charge < -0.3 is 5.32 Å². The second kappa shape index (κ2) is 6.06. The maximum absolute atomic E-state index is 12.7. The summed E-state index contributed by atoms with van der Waals surface area (Å²) in [6.07, 6.45) is 4.51. The molecule has 2 aliphatic rings. The molecule has 19 heavy (non-hydrogen) atoms. The summed E-state index contributed by atoms with van der Waals surface area (Å²) in [5, 5.41) is 3.33. The first kappa shape index (κ1) is 14.5. The van der Waals surface area contributed by atoms with Gasteiger partial charge >= 0.3 is 0 Å². The topological polar surface area (TPSA) is 29.1 Å². The molecule has 1 aromatic rings. The molecule has 3 rings (SSSR count). The van der Waals surface area contributed by atoms with Crippen molar-refractivity contribution in [2.24, 2.45) is 5.92 Å². The van der Waals surface area contributed by atoms with Crippen LogP contribution in [0.3, 0.4) is 0 Å². The van der Waals surface area contributed by atoms with Gasteiger partial charge in [-0.25, -0.2) is 0 Å². The molecule has 1 heterocycles. The summed E-state index contributed by atoms with van der Waals surface area (Å²) in [7, 11) is 0. The van der Waals surface area contributed by atoms with Crippen LogP contribution in [-0.4, -0.2) is 18.9 Å². The molecule has 0 atom stereocenters. The molecule has 0 aromatic heterocycles. The van der Waals surface area contributed by atoms with Gasteiger partial charge in [-0.3, -0.25) is 4.79 Å². The van der Waals surface area contributed by atoms with Crippen molar-refractivity contribution in [3.8, 4) is 0 Å². The van der Waals surface area contributed by atoms with E-state index in [0.29, 0.717) is 11.7 Å². The third kappa shape index (κ3) is 3.18. The molecular formula is C16H22ClNO. The number of carbonyl (C=O) groups excluding carboxylic acids is 1. The molecule has 1 saturated heterocycles. The predicted octanol–water partition coefficient (Wildman–Crippen LogP) is 3.48. The van der Waals surface area contributed by atoms with Gasteiger partial charge in [-0.15, -0.1) is 12.4 Å². The number of aryl methyl sites for hydroxylation is 1. The minimum atomic E-state index is 0. The second-order valence-electron chi connectivity index (χ2n) is 5.75. The Labute approximate surface area is 121 Å². The lowest BCUT2D eigenvalue weighted by Gasteiger charge is -2.22. The maximum atomic E-state index is 12.7. The van der Waals surface area contributed by atoms with Crippen LogP contribution >= 0.6 is 12.4 Å². The third-order valence-electron chi connectivity index (χ3n) is 4.20. The standard InChI is InChI=1S/C16H21NO.ClH/c1-11-2-5-14(12-3-4-12)15(10-11)16(18)13-6-8-17-9-7-13;/h2,5,10,12-13,17H,3-4,6-9H2,1H3;1H. The minimum absolute atomic E-state index is 0. The Kier molecular flexibility index (Phi) is 4.64. The van der Waals surface area contributed by atoms with Crippen LogP contribution in [-0.2, 0) is 0 Å². The molecule has 1 aromatic carbocycles. The average molecular weight is 280 g/mol. The highest BCUT2D eigenvalue weighted by Crippen LogP contribution is 2.42. The zero-order chi connectivity index (χ0) is 12.5. The summed E-state index contributed by atoms with van der Waals surface area (Å²) in [4.78, 5) is 12.7. The van der Waals surface area contributed by atoms with Gasteiger partial charge in [0.15, 0.2) is 5.78 Å². The molecule has 2 fully saturated rings. The number of halogens is 1. The van der Waals surface area contributed by atoms with Gasteiger partial charge in [-0.05, 0) is 63.2 Å². The first-order chi connectivity index (χ1) is 8.75. The number of ketones is 1. The number of Topliss-reactive ketones (excluding diaryl/α,β-unsaturated/α-hetero) is 1. The van der Waals surface area contributed by atoms with Crippen LogP contribution in [0.4, 0.5) is 0 Å². The monoisotopic (exact) mass is 279 g/mol. The maximum Gasteiger partial charge on any atom is 0.166 e. The van der Waals surface area contributed by atoms with Crippen LogP contribution in [0.15, 0.2) is 18.2 Å². The molecule has 0 amide bonds. The van der Waals surface area contributed by atoms with Crippen LogP contribution in [0.5, 0.6) is 0 Å². The fourth-order valence-corrected chi connectivity index (χ4v) is 2.94. The predicted molar refractivity (Wildman–Crippen MR) is 80.3 cm³/mol. The lowest BCUT2D eigenvalue weighted by atomic mass is 9.86. The van der Waals surface area contributed by atoms with Gasteiger partial charge in [0.2, 0.25) is 0 Å². The molecule has 3 heteroatoms. The van der Waals surface area contributed by atoms with Crippen LogP contribution in [0.1, 0.15) is 53.1 Å². The van der Waals surface area contributed by atoms with Gasteiger partial charge in [0, 0.05) is 11.5 Å². The van der Waals surface area contributed by atoms with Crippen molar-refractivity contribution >= 4 is 18.2 Å². The van der Waals surface area contributed by atoms with Gasteiger partial charge in [0.1, 0.15) is 0 Å². The van der Waals surface area contributed by atoms with Crippen molar-refractivity contribution in [2.45, 2.75) is 38.5 Å². The highest BCUT2D eigenvalue weighted by molar-refractivity contribution is 5.99. The number of nitrogens with one attached hydrogen (secondary N) is 1. The van der Waals surface area contributed by atoms with E-state index in [2.05, 4.69) is 30.4 Å². The molecule has 0 radical (unpaired) electrons. The fraction of sp³-hybridized carbons (Fsp3) is 0.562. The Morgan fingerprint density at radius 2 is 1.84 bits per heavy atom. The number of hydrogen-bond acceptors (Lipinski definition) is 2. The first-order valence-corrected chi connectivity index (χ1v) is 7.11. The zero-order valence-corrected chi connectivity index (χ0v) is 12.3. The van der Waals surface area contributed by atoms with Crippen LogP contribution in [0.25, 0.3) is 0 Å². The van der Waals surface area contributed by atoms with Crippen molar-refractivity contribution < 1.29 is 4.79 Å². The Bertz CT molecular complexity index is 462. The van der Waals surface area contributed by atoms with E-state index in [9.17, 15) is 4.79 Å². The Hall–Kier alpha value is -0.860. The number of rotatable bonds is 3. The molecule has 1 aliphatic carbocycles. The highest BCUT2D eigenvalue weighted by atomic mass is 35.5. The lowest BCUT2D eigenvalue weighted by Crippen LogP contribution is -2.32. The second-order valence-corrected chi connectivity index (χ2v) is 5.75. The molecular weight excluding hydrogens is 258 g/mol. The smallest absolute Gasteiger partial charge is 0.166 e. The molecule has 1 saturated carbocycles. The third-order valence-corrected chi connectivity index (χ3v) is 4.20. The first-order valence-electron chi connectivity index (χ1n) is 7.11. The van der Waals surface area contributed by atoms with Crippen molar-refractivity contribution in [1.29, 1.82) is 0 Å². The van der Waals surface area contributed by atoms with E-state index < -0.39 is 0 Å². The van der Waals surface area contributed by atoms with Crippen molar-refractivity contribution in [3.63, 3.8) is 0 Å². The van der Waals surface area contributed by atoms with Crippen LogP contribution < -0.4 is 5.32 Å². The summed E-state index contributed by atoms with van der Waals surface area (Å²) in [5.74, 6) is 1.29. The normalized spacial score (nSPS) is 19.8. The highest BCUT2D eigenvalue weighted by Gasteiger charge is 2.30. The Morgan fingerprint density at radius 3 is 2.47 bits per heavy atom. The molecule has 1 N–H and O–H groups in total. The summed E-state index contributed by atoms with van der Waals surface area (Å²) in [6, 6.07) is 6.44. The van der Waals surface area contributed by atoms with E-state index in [4.69, 9.17) is 0 Å². The summed E-state index contributed by atoms with van der Waals surface area (Å²) in [6.45, 7) is 4.05. The van der Waals surface area contributed by atoms with Crippen LogP contribution in [0, 0.1) is 12.8 Å². The van der Waals surface area contributed by atoms with Crippen LogP contribution in [0.2, 0.25) is 0 Å². The van der Waals surface area contributed by atoms with E-state index in [0.717, 1.165) is 31.5 Å². The van der Waals surface area contributed by atoms with Gasteiger partial charge in [-0.1, -0.05) is 17.7 Å². The van der Waals surface area contributed by atoms with E-state index in [1.807, 2.05) is 0 Å². The number of piperidine rings is 1. The van der Waals surface area contributed by atoms with Gasteiger partial charge in [-0.2, -0.15) is 0 Å². The minimum Gasteiger partial charge on any atom is -0.317 e. The number of benzene rings is 1. The molecule has 0 bridgehead atoms. The fourth-order valence-electron chi connectivity index (χ4n) is 2.94. The zero-order valence-electron chi connectivity index (χ0n) is 11.4.